The lowest BCUT2D eigenvalue weighted by atomic mass is 10.3. The first kappa shape index (κ1) is 14.5. The number of benzene rings is 1. The predicted octanol–water partition coefficient (Wildman–Crippen LogP) is 5.73. The molecule has 2 nitrogen and oxygen atoms in total. The van der Waals surface area contributed by atoms with Crippen LogP contribution in [0.1, 0.15) is 4.88 Å². The van der Waals surface area contributed by atoms with Crippen molar-refractivity contribution in [1.82, 2.24) is 4.98 Å². The maximum absolute atomic E-state index is 13.7. The summed E-state index contributed by atoms with van der Waals surface area (Å²) in [7, 11) is 0. The Kier molecular flexibility index (Phi) is 4.88. The van der Waals surface area contributed by atoms with Gasteiger partial charge in [0.25, 0.3) is 0 Å². The predicted molar refractivity (Wildman–Crippen MR) is 81.3 cm³/mol. The Bertz CT molecular complexity index is 591. The first-order valence-corrected chi connectivity index (χ1v) is 7.82. The summed E-state index contributed by atoms with van der Waals surface area (Å²) in [4.78, 5) is 4.86. The highest BCUT2D eigenvalue weighted by molar-refractivity contribution is 9.11. The standard InChI is InChI=1S/C10H5Br2Cl2FN2S/c11-5-1-6(13)9(7(12)8(5)15)16-2-4-3-17-10(14)18-4/h1,3,16H,2H2. The molecule has 1 aromatic heterocycles. The molecule has 2 rings (SSSR count). The SMILES string of the molecule is Fc1c(Br)cc(Cl)c(NCc2cnc(Cl)s2)c1Br. The summed E-state index contributed by atoms with van der Waals surface area (Å²) >= 11 is 19.4. The van der Waals surface area contributed by atoms with Crippen molar-refractivity contribution in [2.75, 3.05) is 5.32 Å². The van der Waals surface area contributed by atoms with Crippen molar-refractivity contribution < 1.29 is 4.39 Å². The van der Waals surface area contributed by atoms with Gasteiger partial charge in [0.15, 0.2) is 10.3 Å². The molecule has 0 spiro atoms. The fourth-order valence-electron chi connectivity index (χ4n) is 1.27. The minimum atomic E-state index is -0.399. The van der Waals surface area contributed by atoms with E-state index in [1.54, 1.807) is 6.20 Å². The third-order valence-corrected chi connectivity index (χ3v) is 4.81. The molecule has 18 heavy (non-hydrogen) atoms. The monoisotopic (exact) mass is 432 g/mol. The number of aromatic nitrogens is 1. The fraction of sp³-hybridized carbons (Fsp3) is 0.100. The Morgan fingerprint density at radius 1 is 1.39 bits per heavy atom. The van der Waals surface area contributed by atoms with Crippen molar-refractivity contribution in [3.63, 3.8) is 0 Å². The smallest absolute Gasteiger partial charge is 0.183 e. The van der Waals surface area contributed by atoms with Gasteiger partial charge in [0, 0.05) is 11.1 Å². The van der Waals surface area contributed by atoms with Crippen LogP contribution in [0.4, 0.5) is 10.1 Å². The van der Waals surface area contributed by atoms with Crippen molar-refractivity contribution in [2.45, 2.75) is 6.54 Å². The van der Waals surface area contributed by atoms with E-state index in [2.05, 4.69) is 42.2 Å². The van der Waals surface area contributed by atoms with Crippen LogP contribution in [0.5, 0.6) is 0 Å². The van der Waals surface area contributed by atoms with Crippen molar-refractivity contribution in [3.05, 3.63) is 41.4 Å². The van der Waals surface area contributed by atoms with Crippen molar-refractivity contribution in [2.24, 2.45) is 0 Å². The van der Waals surface area contributed by atoms with Crippen LogP contribution in [0, 0.1) is 5.82 Å². The zero-order chi connectivity index (χ0) is 13.3. The first-order valence-electron chi connectivity index (χ1n) is 4.66. The summed E-state index contributed by atoms with van der Waals surface area (Å²) in [5, 5.41) is 3.47. The van der Waals surface area contributed by atoms with Gasteiger partial charge in [-0.25, -0.2) is 9.37 Å². The fourth-order valence-corrected chi connectivity index (χ4v) is 3.96. The van der Waals surface area contributed by atoms with Crippen molar-refractivity contribution in [3.8, 4) is 0 Å². The molecule has 96 valence electrons. The third-order valence-electron chi connectivity index (χ3n) is 2.08. The number of rotatable bonds is 3. The number of nitrogens with zero attached hydrogens (tertiary/aromatic N) is 1. The van der Waals surface area contributed by atoms with Gasteiger partial charge in [0.2, 0.25) is 0 Å². The van der Waals surface area contributed by atoms with Crippen LogP contribution in [-0.4, -0.2) is 4.98 Å². The second-order valence-electron chi connectivity index (χ2n) is 3.28. The van der Waals surface area contributed by atoms with Gasteiger partial charge in [-0.05, 0) is 37.9 Å². The average Bonchev–Trinajstić information content (AvgIpc) is 2.72. The van der Waals surface area contributed by atoms with Crippen LogP contribution in [0.15, 0.2) is 21.2 Å². The average molecular weight is 435 g/mol. The second kappa shape index (κ2) is 6.05. The largest absolute Gasteiger partial charge is 0.378 e. The van der Waals surface area contributed by atoms with Gasteiger partial charge in [0.05, 0.1) is 26.2 Å². The second-order valence-corrected chi connectivity index (χ2v) is 7.03. The molecule has 0 unspecified atom stereocenters. The van der Waals surface area contributed by atoms with Crippen LogP contribution in [0.3, 0.4) is 0 Å². The molecule has 0 saturated heterocycles. The molecule has 0 saturated carbocycles. The van der Waals surface area contributed by atoms with Crippen LogP contribution in [-0.2, 0) is 6.54 Å². The lowest BCUT2D eigenvalue weighted by Crippen LogP contribution is -2.00. The topological polar surface area (TPSA) is 24.9 Å². The van der Waals surface area contributed by atoms with E-state index in [4.69, 9.17) is 23.2 Å². The molecular weight excluding hydrogens is 430 g/mol. The lowest BCUT2D eigenvalue weighted by Gasteiger charge is -2.11. The van der Waals surface area contributed by atoms with Gasteiger partial charge in [-0.1, -0.05) is 23.2 Å². The van der Waals surface area contributed by atoms with E-state index < -0.39 is 5.82 Å². The summed E-state index contributed by atoms with van der Waals surface area (Å²) in [6.07, 6.45) is 1.66. The van der Waals surface area contributed by atoms with E-state index in [1.807, 2.05) is 0 Å². The van der Waals surface area contributed by atoms with Crippen molar-refractivity contribution >= 4 is 72.1 Å². The summed E-state index contributed by atoms with van der Waals surface area (Å²) < 4.78 is 14.7. The molecule has 8 heteroatoms. The van der Waals surface area contributed by atoms with Crippen LogP contribution < -0.4 is 5.32 Å². The number of thiazole rings is 1. The maximum Gasteiger partial charge on any atom is 0.183 e. The zero-order valence-corrected chi connectivity index (χ0v) is 14.1. The quantitative estimate of drug-likeness (QED) is 0.493. The number of anilines is 1. The van der Waals surface area contributed by atoms with E-state index in [9.17, 15) is 4.39 Å². The maximum atomic E-state index is 13.7. The normalized spacial score (nSPS) is 10.7. The summed E-state index contributed by atoms with van der Waals surface area (Å²) in [5.41, 5.74) is 0.502. The van der Waals surface area contributed by atoms with Gasteiger partial charge in [0.1, 0.15) is 0 Å². The van der Waals surface area contributed by atoms with Gasteiger partial charge in [-0.3, -0.25) is 0 Å². The Morgan fingerprint density at radius 3 is 2.72 bits per heavy atom. The summed E-state index contributed by atoms with van der Waals surface area (Å²) in [6.45, 7) is 0.476. The minimum absolute atomic E-state index is 0.289. The molecule has 2 aromatic rings. The molecular formula is C10H5Br2Cl2FN2S. The third kappa shape index (κ3) is 3.17. The molecule has 1 aromatic carbocycles. The molecule has 0 bridgehead atoms. The molecule has 0 radical (unpaired) electrons. The Balaban J connectivity index is 2.22. The van der Waals surface area contributed by atoms with E-state index in [0.29, 0.717) is 26.2 Å². The summed E-state index contributed by atoms with van der Waals surface area (Å²) in [6, 6.07) is 1.50. The zero-order valence-electron chi connectivity index (χ0n) is 8.61. The van der Waals surface area contributed by atoms with E-state index in [-0.39, 0.29) is 4.47 Å². The number of hydrogen-bond acceptors (Lipinski definition) is 3. The molecule has 1 heterocycles. The van der Waals surface area contributed by atoms with E-state index in [0.717, 1.165) is 4.88 Å². The Hall–Kier alpha value is 0.120. The molecule has 0 atom stereocenters. The van der Waals surface area contributed by atoms with Crippen LogP contribution >= 0.6 is 66.4 Å². The molecule has 0 aliphatic carbocycles. The molecule has 0 aliphatic rings. The van der Waals surface area contributed by atoms with Gasteiger partial charge < -0.3 is 5.32 Å². The molecule has 1 N–H and O–H groups in total. The van der Waals surface area contributed by atoms with E-state index in [1.165, 1.54) is 17.4 Å². The van der Waals surface area contributed by atoms with Gasteiger partial charge in [-0.15, -0.1) is 11.3 Å². The molecule has 0 fully saturated rings. The van der Waals surface area contributed by atoms with Gasteiger partial charge >= 0.3 is 0 Å². The minimum Gasteiger partial charge on any atom is -0.378 e. The number of nitrogens with one attached hydrogen (secondary N) is 1. The summed E-state index contributed by atoms with van der Waals surface area (Å²) in [5.74, 6) is -0.399. The van der Waals surface area contributed by atoms with Crippen molar-refractivity contribution in [1.29, 1.82) is 0 Å². The lowest BCUT2D eigenvalue weighted by molar-refractivity contribution is 0.615. The number of hydrogen-bond donors (Lipinski definition) is 1. The number of halogens is 5. The first-order chi connectivity index (χ1) is 8.49. The highest BCUT2D eigenvalue weighted by Gasteiger charge is 2.14. The Morgan fingerprint density at radius 2 is 2.11 bits per heavy atom. The van der Waals surface area contributed by atoms with Crippen LogP contribution in [0.2, 0.25) is 9.49 Å². The van der Waals surface area contributed by atoms with E-state index >= 15 is 0 Å². The van der Waals surface area contributed by atoms with Gasteiger partial charge in [-0.2, -0.15) is 0 Å². The highest BCUT2D eigenvalue weighted by Crippen LogP contribution is 2.37. The van der Waals surface area contributed by atoms with Crippen LogP contribution in [0.25, 0.3) is 0 Å². The Labute approximate surface area is 134 Å². The highest BCUT2D eigenvalue weighted by atomic mass is 79.9. The molecule has 0 aliphatic heterocycles. The molecule has 0 amide bonds.